The van der Waals surface area contributed by atoms with E-state index in [0.717, 1.165) is 17.5 Å². The van der Waals surface area contributed by atoms with Gasteiger partial charge < -0.3 is 11.1 Å². The number of rotatable bonds is 3. The number of pyridine rings is 1. The molecule has 0 radical (unpaired) electrons. The molecule has 0 amide bonds. The van der Waals surface area contributed by atoms with Crippen LogP contribution in [0.5, 0.6) is 0 Å². The van der Waals surface area contributed by atoms with E-state index in [-0.39, 0.29) is 0 Å². The predicted molar refractivity (Wildman–Crippen MR) is 73.0 cm³/mol. The maximum Gasteiger partial charge on any atom is 0.122 e. The van der Waals surface area contributed by atoms with Crippen molar-refractivity contribution in [3.63, 3.8) is 0 Å². The lowest BCUT2D eigenvalue weighted by molar-refractivity contribution is 0.440. The molecule has 2 aliphatic rings. The Morgan fingerprint density at radius 1 is 1.41 bits per heavy atom. The van der Waals surface area contributed by atoms with E-state index in [1.807, 2.05) is 12.1 Å². The van der Waals surface area contributed by atoms with Crippen molar-refractivity contribution in [3.05, 3.63) is 24.0 Å². The Morgan fingerprint density at radius 2 is 2.29 bits per heavy atom. The Hall–Kier alpha value is -1.16. The molecule has 17 heavy (non-hydrogen) atoms. The van der Waals surface area contributed by atoms with Crippen molar-refractivity contribution in [1.82, 2.24) is 4.98 Å². The van der Waals surface area contributed by atoms with Crippen molar-refractivity contribution in [3.8, 4) is 0 Å². The summed E-state index contributed by atoms with van der Waals surface area (Å²) in [6.45, 7) is 0. The highest BCUT2D eigenvalue weighted by Gasteiger charge is 2.39. The van der Waals surface area contributed by atoms with E-state index in [0.29, 0.717) is 16.7 Å². The van der Waals surface area contributed by atoms with Crippen molar-refractivity contribution in [2.45, 2.75) is 31.7 Å². The number of hydrogen-bond acceptors (Lipinski definition) is 3. The SMILES string of the molecule is NC(=S)c1cc(NC2CC3CCC2C3)ccn1. The number of nitrogens with one attached hydrogen (secondary N) is 1. The number of nitrogens with zero attached hydrogens (tertiary/aromatic N) is 1. The van der Waals surface area contributed by atoms with Crippen molar-refractivity contribution in [2.75, 3.05) is 5.32 Å². The summed E-state index contributed by atoms with van der Waals surface area (Å²) in [4.78, 5) is 4.52. The molecule has 2 fully saturated rings. The first kappa shape index (κ1) is 11.0. The molecule has 0 spiro atoms. The summed E-state index contributed by atoms with van der Waals surface area (Å²) in [6, 6.07) is 4.58. The van der Waals surface area contributed by atoms with Crippen molar-refractivity contribution >= 4 is 22.9 Å². The number of thiocarbonyl (C=S) groups is 1. The average Bonchev–Trinajstić information content (AvgIpc) is 2.91. The maximum absolute atomic E-state index is 5.59. The molecule has 3 nitrogen and oxygen atoms in total. The lowest BCUT2D eigenvalue weighted by atomic mass is 9.95. The van der Waals surface area contributed by atoms with Gasteiger partial charge in [0.05, 0.1) is 5.69 Å². The first-order valence-corrected chi connectivity index (χ1v) is 6.65. The Morgan fingerprint density at radius 3 is 2.94 bits per heavy atom. The summed E-state index contributed by atoms with van der Waals surface area (Å²) >= 11 is 4.94. The Kier molecular flexibility index (Phi) is 2.74. The predicted octanol–water partition coefficient (Wildman–Crippen LogP) is 2.32. The van der Waals surface area contributed by atoms with Crippen LogP contribution in [0.2, 0.25) is 0 Å². The van der Waals surface area contributed by atoms with Crippen LogP contribution in [0.1, 0.15) is 31.4 Å². The van der Waals surface area contributed by atoms with E-state index in [2.05, 4.69) is 10.3 Å². The summed E-state index contributed by atoms with van der Waals surface area (Å²) in [6.07, 6.45) is 7.30. The van der Waals surface area contributed by atoms with Gasteiger partial charge in [0.1, 0.15) is 4.99 Å². The van der Waals surface area contributed by atoms with Gasteiger partial charge in [0.15, 0.2) is 0 Å². The van der Waals surface area contributed by atoms with E-state index < -0.39 is 0 Å². The van der Waals surface area contributed by atoms with Crippen LogP contribution in [-0.4, -0.2) is 16.0 Å². The average molecular weight is 247 g/mol. The van der Waals surface area contributed by atoms with Gasteiger partial charge in [0, 0.05) is 17.9 Å². The van der Waals surface area contributed by atoms with Crippen LogP contribution in [0.4, 0.5) is 5.69 Å². The normalized spacial score (nSPS) is 30.5. The molecule has 2 saturated carbocycles. The van der Waals surface area contributed by atoms with E-state index in [4.69, 9.17) is 18.0 Å². The third-order valence-electron chi connectivity index (χ3n) is 4.10. The molecule has 1 aromatic heterocycles. The van der Waals surface area contributed by atoms with Crippen LogP contribution in [0.15, 0.2) is 18.3 Å². The highest BCUT2D eigenvalue weighted by atomic mass is 32.1. The second kappa shape index (κ2) is 4.26. The summed E-state index contributed by atoms with van der Waals surface area (Å²) in [7, 11) is 0. The first-order valence-electron chi connectivity index (χ1n) is 6.25. The Labute approximate surface area is 107 Å². The second-order valence-electron chi connectivity index (χ2n) is 5.22. The first-order chi connectivity index (χ1) is 8.22. The molecule has 2 bridgehead atoms. The van der Waals surface area contributed by atoms with Crippen molar-refractivity contribution < 1.29 is 0 Å². The lowest BCUT2D eigenvalue weighted by Gasteiger charge is -2.24. The molecule has 3 atom stereocenters. The topological polar surface area (TPSA) is 50.9 Å². The third kappa shape index (κ3) is 2.14. The molecule has 3 N–H and O–H groups in total. The standard InChI is InChI=1S/C13H17N3S/c14-13(17)12-7-10(3-4-15-12)16-11-6-8-1-2-9(11)5-8/h3-4,7-9,11H,1-2,5-6H2,(H2,14,17)(H,15,16). The Balaban J connectivity index is 1.73. The maximum atomic E-state index is 5.59. The van der Waals surface area contributed by atoms with Crippen LogP contribution >= 0.6 is 12.2 Å². The highest BCUT2D eigenvalue weighted by Crippen LogP contribution is 2.45. The second-order valence-corrected chi connectivity index (χ2v) is 5.66. The van der Waals surface area contributed by atoms with Gasteiger partial charge in [0.2, 0.25) is 0 Å². The van der Waals surface area contributed by atoms with Gasteiger partial charge in [-0.1, -0.05) is 18.6 Å². The molecular formula is C13H17N3S. The van der Waals surface area contributed by atoms with Gasteiger partial charge in [-0.15, -0.1) is 0 Å². The number of aromatic nitrogens is 1. The fourth-order valence-corrected chi connectivity index (χ4v) is 3.40. The summed E-state index contributed by atoms with van der Waals surface area (Å²) in [5.41, 5.74) is 7.39. The molecule has 4 heteroatoms. The number of anilines is 1. The smallest absolute Gasteiger partial charge is 0.122 e. The van der Waals surface area contributed by atoms with Crippen molar-refractivity contribution in [2.24, 2.45) is 17.6 Å². The zero-order chi connectivity index (χ0) is 11.8. The molecule has 0 saturated heterocycles. The molecule has 2 aliphatic carbocycles. The Bertz CT molecular complexity index is 446. The minimum Gasteiger partial charge on any atom is -0.388 e. The third-order valence-corrected chi connectivity index (χ3v) is 4.31. The zero-order valence-electron chi connectivity index (χ0n) is 9.73. The molecule has 0 aliphatic heterocycles. The van der Waals surface area contributed by atoms with Crippen LogP contribution in [0.25, 0.3) is 0 Å². The molecule has 3 rings (SSSR count). The molecule has 90 valence electrons. The summed E-state index contributed by atoms with van der Waals surface area (Å²) < 4.78 is 0. The van der Waals surface area contributed by atoms with E-state index in [1.165, 1.54) is 25.7 Å². The zero-order valence-corrected chi connectivity index (χ0v) is 10.5. The largest absolute Gasteiger partial charge is 0.388 e. The van der Waals surface area contributed by atoms with Gasteiger partial charge in [-0.2, -0.15) is 0 Å². The molecule has 3 unspecified atom stereocenters. The van der Waals surface area contributed by atoms with E-state index in [1.54, 1.807) is 6.20 Å². The monoisotopic (exact) mass is 247 g/mol. The van der Waals surface area contributed by atoms with E-state index >= 15 is 0 Å². The highest BCUT2D eigenvalue weighted by molar-refractivity contribution is 7.80. The number of nitrogens with two attached hydrogens (primary N) is 1. The van der Waals surface area contributed by atoms with Crippen LogP contribution in [0, 0.1) is 11.8 Å². The minimum absolute atomic E-state index is 0.363. The van der Waals surface area contributed by atoms with E-state index in [9.17, 15) is 0 Å². The van der Waals surface area contributed by atoms with Gasteiger partial charge in [-0.25, -0.2) is 0 Å². The van der Waals surface area contributed by atoms with Gasteiger partial charge >= 0.3 is 0 Å². The van der Waals surface area contributed by atoms with Gasteiger partial charge in [-0.05, 0) is 43.2 Å². The molecule has 1 aromatic rings. The lowest BCUT2D eigenvalue weighted by Crippen LogP contribution is -2.26. The van der Waals surface area contributed by atoms with Crippen LogP contribution in [-0.2, 0) is 0 Å². The molecular weight excluding hydrogens is 230 g/mol. The molecule has 0 aromatic carbocycles. The summed E-state index contributed by atoms with van der Waals surface area (Å²) in [5.74, 6) is 1.82. The van der Waals surface area contributed by atoms with Gasteiger partial charge in [0.25, 0.3) is 0 Å². The van der Waals surface area contributed by atoms with Crippen molar-refractivity contribution in [1.29, 1.82) is 0 Å². The quantitative estimate of drug-likeness (QED) is 0.805. The minimum atomic E-state index is 0.363. The molecule has 1 heterocycles. The number of hydrogen-bond donors (Lipinski definition) is 2. The fraction of sp³-hybridized carbons (Fsp3) is 0.538. The number of fused-ring (bicyclic) bond motifs is 2. The van der Waals surface area contributed by atoms with Crippen LogP contribution in [0.3, 0.4) is 0 Å². The summed E-state index contributed by atoms with van der Waals surface area (Å²) in [5, 5.41) is 3.61. The fourth-order valence-electron chi connectivity index (χ4n) is 3.29. The van der Waals surface area contributed by atoms with Crippen LogP contribution < -0.4 is 11.1 Å². The van der Waals surface area contributed by atoms with Gasteiger partial charge in [-0.3, -0.25) is 4.98 Å².